The van der Waals surface area contributed by atoms with Crippen molar-refractivity contribution in [3.05, 3.63) is 45.7 Å². The molecule has 1 aromatic carbocycles. The molecule has 26 heavy (non-hydrogen) atoms. The first kappa shape index (κ1) is 19.3. The van der Waals surface area contributed by atoms with Crippen LogP contribution in [0.4, 0.5) is 0 Å². The average molecular weight is 459 g/mol. The van der Waals surface area contributed by atoms with E-state index in [1.165, 1.54) is 11.3 Å². The molecule has 1 amide bonds. The van der Waals surface area contributed by atoms with E-state index in [4.69, 9.17) is 4.74 Å². The van der Waals surface area contributed by atoms with Crippen molar-refractivity contribution in [2.75, 3.05) is 20.2 Å². The number of hydrogen-bond acceptors (Lipinski definition) is 5. The van der Waals surface area contributed by atoms with Crippen molar-refractivity contribution < 1.29 is 17.9 Å². The predicted molar refractivity (Wildman–Crippen MR) is 104 cm³/mol. The van der Waals surface area contributed by atoms with Gasteiger partial charge in [-0.2, -0.15) is 0 Å². The first-order valence-corrected chi connectivity index (χ1v) is 11.2. The fourth-order valence-electron chi connectivity index (χ4n) is 2.88. The summed E-state index contributed by atoms with van der Waals surface area (Å²) >= 11 is 4.59. The number of methoxy groups -OCH3 is 1. The van der Waals surface area contributed by atoms with Crippen molar-refractivity contribution in [2.45, 2.75) is 23.1 Å². The largest absolute Gasteiger partial charge is 0.496 e. The number of sulfonamides is 1. The normalized spacial score (nSPS) is 15.8. The van der Waals surface area contributed by atoms with Crippen LogP contribution >= 0.6 is 27.3 Å². The molecule has 1 aliphatic rings. The Kier molecular flexibility index (Phi) is 6.01. The first-order valence-electron chi connectivity index (χ1n) is 8.09. The lowest BCUT2D eigenvalue weighted by atomic mass is 10.0. The van der Waals surface area contributed by atoms with Crippen molar-refractivity contribution >= 4 is 43.2 Å². The van der Waals surface area contributed by atoms with Crippen LogP contribution in [0.25, 0.3) is 0 Å². The van der Waals surface area contributed by atoms with Gasteiger partial charge in [0.15, 0.2) is 0 Å². The standard InChI is InChI=1S/C17H19BrN2O4S2/c1-24-15-5-4-12(11-14(15)18)17(21)20-8-6-13(7-9-20)19-26(22,23)16-3-2-10-25-16/h2-5,10-11,13,19H,6-9H2,1H3. The maximum Gasteiger partial charge on any atom is 0.253 e. The summed E-state index contributed by atoms with van der Waals surface area (Å²) in [4.78, 5) is 14.4. The highest BCUT2D eigenvalue weighted by molar-refractivity contribution is 9.10. The Morgan fingerprint density at radius 2 is 2.04 bits per heavy atom. The second-order valence-corrected chi connectivity index (χ2v) is 9.71. The summed E-state index contributed by atoms with van der Waals surface area (Å²) in [6.07, 6.45) is 1.18. The van der Waals surface area contributed by atoms with E-state index in [1.807, 2.05) is 0 Å². The number of benzene rings is 1. The molecule has 1 aromatic heterocycles. The van der Waals surface area contributed by atoms with Gasteiger partial charge in [-0.3, -0.25) is 4.79 Å². The number of nitrogens with one attached hydrogen (secondary N) is 1. The highest BCUT2D eigenvalue weighted by Crippen LogP contribution is 2.27. The molecule has 1 aliphatic heterocycles. The van der Waals surface area contributed by atoms with E-state index in [1.54, 1.807) is 47.7 Å². The zero-order chi connectivity index (χ0) is 18.7. The SMILES string of the molecule is COc1ccc(C(=O)N2CCC(NS(=O)(=O)c3cccs3)CC2)cc1Br. The van der Waals surface area contributed by atoms with Crippen molar-refractivity contribution in [2.24, 2.45) is 0 Å². The number of thiophene rings is 1. The van der Waals surface area contributed by atoms with E-state index in [-0.39, 0.29) is 11.9 Å². The summed E-state index contributed by atoms with van der Waals surface area (Å²) in [5.74, 6) is 0.608. The van der Waals surface area contributed by atoms with Crippen LogP contribution in [0, 0.1) is 0 Å². The maximum atomic E-state index is 12.7. The number of carbonyl (C=O) groups excluding carboxylic acids is 1. The number of halogens is 1. The molecule has 0 atom stereocenters. The smallest absolute Gasteiger partial charge is 0.253 e. The summed E-state index contributed by atoms with van der Waals surface area (Å²) in [7, 11) is -1.90. The minimum atomic E-state index is -3.47. The Balaban J connectivity index is 1.60. The second kappa shape index (κ2) is 8.08. The highest BCUT2D eigenvalue weighted by Gasteiger charge is 2.27. The third-order valence-electron chi connectivity index (χ3n) is 4.26. The third kappa shape index (κ3) is 4.28. The van der Waals surface area contributed by atoms with Gasteiger partial charge in [-0.15, -0.1) is 11.3 Å². The van der Waals surface area contributed by atoms with Gasteiger partial charge in [-0.1, -0.05) is 6.07 Å². The molecule has 2 aromatic rings. The number of nitrogens with zero attached hydrogens (tertiary/aromatic N) is 1. The number of hydrogen-bond donors (Lipinski definition) is 1. The number of rotatable bonds is 5. The van der Waals surface area contributed by atoms with Crippen LogP contribution in [0.1, 0.15) is 23.2 Å². The fourth-order valence-corrected chi connectivity index (χ4v) is 5.73. The zero-order valence-electron chi connectivity index (χ0n) is 14.1. The lowest BCUT2D eigenvalue weighted by molar-refractivity contribution is 0.0711. The van der Waals surface area contributed by atoms with E-state index in [2.05, 4.69) is 20.7 Å². The Hall–Kier alpha value is -1.42. The third-order valence-corrected chi connectivity index (χ3v) is 7.80. The molecule has 1 saturated heterocycles. The van der Waals surface area contributed by atoms with E-state index in [9.17, 15) is 13.2 Å². The first-order chi connectivity index (χ1) is 12.4. The molecule has 0 saturated carbocycles. The topological polar surface area (TPSA) is 75.7 Å². The zero-order valence-corrected chi connectivity index (χ0v) is 17.4. The van der Waals surface area contributed by atoms with Crippen LogP contribution in [0.15, 0.2) is 44.4 Å². The van der Waals surface area contributed by atoms with Gasteiger partial charge in [0.05, 0.1) is 11.6 Å². The molecule has 0 spiro atoms. The molecule has 0 aliphatic carbocycles. The van der Waals surface area contributed by atoms with E-state index in [0.717, 1.165) is 4.47 Å². The number of ether oxygens (including phenoxy) is 1. The van der Waals surface area contributed by atoms with Gasteiger partial charge >= 0.3 is 0 Å². The molecule has 0 unspecified atom stereocenters. The molecule has 9 heteroatoms. The Labute approximate surface area is 165 Å². The van der Waals surface area contributed by atoms with Crippen LogP contribution in [-0.4, -0.2) is 45.5 Å². The van der Waals surface area contributed by atoms with E-state index >= 15 is 0 Å². The molecular formula is C17H19BrN2O4S2. The van der Waals surface area contributed by atoms with Crippen molar-refractivity contribution in [3.63, 3.8) is 0 Å². The van der Waals surface area contributed by atoms with Gasteiger partial charge in [0, 0.05) is 24.7 Å². The summed E-state index contributed by atoms with van der Waals surface area (Å²) in [5, 5.41) is 1.74. The molecule has 0 bridgehead atoms. The molecule has 0 radical (unpaired) electrons. The highest BCUT2D eigenvalue weighted by atomic mass is 79.9. The summed E-state index contributed by atoms with van der Waals surface area (Å²) in [6.45, 7) is 1.03. The fraction of sp³-hybridized carbons (Fsp3) is 0.353. The van der Waals surface area contributed by atoms with Gasteiger partial charge in [0.25, 0.3) is 5.91 Å². The van der Waals surface area contributed by atoms with Gasteiger partial charge < -0.3 is 9.64 Å². The summed E-state index contributed by atoms with van der Waals surface area (Å²) in [5.41, 5.74) is 0.579. The number of likely N-dealkylation sites (tertiary alicyclic amines) is 1. The monoisotopic (exact) mass is 458 g/mol. The summed E-state index contributed by atoms with van der Waals surface area (Å²) < 4.78 is 33.6. The van der Waals surface area contributed by atoms with Crippen LogP contribution in [0.5, 0.6) is 5.75 Å². The minimum Gasteiger partial charge on any atom is -0.496 e. The van der Waals surface area contributed by atoms with Crippen molar-refractivity contribution in [1.82, 2.24) is 9.62 Å². The van der Waals surface area contributed by atoms with Gasteiger partial charge in [-0.05, 0) is 58.4 Å². The number of amides is 1. The van der Waals surface area contributed by atoms with Crippen molar-refractivity contribution in [3.8, 4) is 5.75 Å². The average Bonchev–Trinajstić information content (AvgIpc) is 3.17. The minimum absolute atomic E-state index is 0.0621. The Morgan fingerprint density at radius 1 is 1.31 bits per heavy atom. The number of piperidine rings is 1. The molecule has 1 N–H and O–H groups in total. The molecule has 2 heterocycles. The van der Waals surface area contributed by atoms with Gasteiger partial charge in [0.1, 0.15) is 9.96 Å². The second-order valence-electron chi connectivity index (χ2n) is 5.97. The van der Waals surface area contributed by atoms with Crippen LogP contribution in [0.3, 0.4) is 0 Å². The lowest BCUT2D eigenvalue weighted by Gasteiger charge is -2.32. The van der Waals surface area contributed by atoms with Crippen LogP contribution in [-0.2, 0) is 10.0 Å². The summed E-state index contributed by atoms with van der Waals surface area (Å²) in [6, 6.07) is 8.37. The van der Waals surface area contributed by atoms with Crippen LogP contribution in [0.2, 0.25) is 0 Å². The molecule has 6 nitrogen and oxygen atoms in total. The molecular weight excluding hydrogens is 440 g/mol. The molecule has 140 valence electrons. The van der Waals surface area contributed by atoms with Gasteiger partial charge in [-0.25, -0.2) is 13.1 Å². The molecule has 1 fully saturated rings. The Bertz CT molecular complexity index is 876. The van der Waals surface area contributed by atoms with E-state index < -0.39 is 10.0 Å². The van der Waals surface area contributed by atoms with Gasteiger partial charge in [0.2, 0.25) is 10.0 Å². The van der Waals surface area contributed by atoms with Crippen molar-refractivity contribution in [1.29, 1.82) is 0 Å². The number of carbonyl (C=O) groups is 1. The van der Waals surface area contributed by atoms with Crippen LogP contribution < -0.4 is 9.46 Å². The Morgan fingerprint density at radius 3 is 2.62 bits per heavy atom. The quantitative estimate of drug-likeness (QED) is 0.746. The maximum absolute atomic E-state index is 12.7. The molecule has 3 rings (SSSR count). The lowest BCUT2D eigenvalue weighted by Crippen LogP contribution is -2.46. The van der Waals surface area contributed by atoms with E-state index in [0.29, 0.717) is 41.5 Å². The predicted octanol–water partition coefficient (Wildman–Crippen LogP) is 3.10.